The molecule has 2 aliphatic rings. The number of anilines is 1. The van der Waals surface area contributed by atoms with Gasteiger partial charge in [0.15, 0.2) is 0 Å². The van der Waals surface area contributed by atoms with Crippen molar-refractivity contribution < 1.29 is 9.59 Å². The highest BCUT2D eigenvalue weighted by molar-refractivity contribution is 5.92. The molecule has 124 valence electrons. The molecule has 0 saturated carbocycles. The fourth-order valence-corrected chi connectivity index (χ4v) is 3.28. The topological polar surface area (TPSA) is 61.4 Å². The van der Waals surface area contributed by atoms with Crippen LogP contribution in [0.4, 0.5) is 5.69 Å². The summed E-state index contributed by atoms with van der Waals surface area (Å²) in [5.41, 5.74) is 0.835. The molecule has 2 fully saturated rings. The SMILES string of the molecule is CC(C(=O)N1CCC(C(=O)Nc2ccccc2)CC1)C1CNC1. The molecule has 0 spiro atoms. The zero-order valence-electron chi connectivity index (χ0n) is 13.6. The van der Waals surface area contributed by atoms with Gasteiger partial charge in [0.25, 0.3) is 0 Å². The Hall–Kier alpha value is -1.88. The van der Waals surface area contributed by atoms with Crippen molar-refractivity contribution in [1.82, 2.24) is 10.2 Å². The maximum absolute atomic E-state index is 12.5. The second-order valence-corrected chi connectivity index (χ2v) is 6.66. The molecule has 1 aromatic rings. The number of carbonyl (C=O) groups is 2. The Morgan fingerprint density at radius 2 is 1.83 bits per heavy atom. The number of nitrogens with one attached hydrogen (secondary N) is 2. The number of hydrogen-bond acceptors (Lipinski definition) is 3. The fraction of sp³-hybridized carbons (Fsp3) is 0.556. The van der Waals surface area contributed by atoms with Crippen LogP contribution in [0.1, 0.15) is 19.8 Å². The summed E-state index contributed by atoms with van der Waals surface area (Å²) in [6.07, 6.45) is 1.50. The van der Waals surface area contributed by atoms with E-state index in [1.807, 2.05) is 42.2 Å². The number of piperidine rings is 1. The lowest BCUT2D eigenvalue weighted by atomic mass is 9.87. The molecule has 5 heteroatoms. The van der Waals surface area contributed by atoms with Gasteiger partial charge < -0.3 is 15.5 Å². The summed E-state index contributed by atoms with van der Waals surface area (Å²) in [4.78, 5) is 26.8. The predicted molar refractivity (Wildman–Crippen MR) is 89.9 cm³/mol. The van der Waals surface area contributed by atoms with E-state index in [4.69, 9.17) is 0 Å². The molecule has 23 heavy (non-hydrogen) atoms. The van der Waals surface area contributed by atoms with E-state index in [9.17, 15) is 9.59 Å². The Labute approximate surface area is 137 Å². The van der Waals surface area contributed by atoms with Crippen molar-refractivity contribution in [1.29, 1.82) is 0 Å². The summed E-state index contributed by atoms with van der Waals surface area (Å²) < 4.78 is 0. The van der Waals surface area contributed by atoms with E-state index >= 15 is 0 Å². The second-order valence-electron chi connectivity index (χ2n) is 6.66. The number of hydrogen-bond donors (Lipinski definition) is 2. The minimum atomic E-state index is -0.0000633. The predicted octanol–water partition coefficient (Wildman–Crippen LogP) is 1.72. The van der Waals surface area contributed by atoms with Gasteiger partial charge in [-0.15, -0.1) is 0 Å². The summed E-state index contributed by atoms with van der Waals surface area (Å²) in [5.74, 6) is 0.880. The van der Waals surface area contributed by atoms with Crippen molar-refractivity contribution in [2.24, 2.45) is 17.8 Å². The Bertz CT molecular complexity index is 549. The van der Waals surface area contributed by atoms with Crippen molar-refractivity contribution in [3.8, 4) is 0 Å². The zero-order valence-corrected chi connectivity index (χ0v) is 13.6. The molecule has 1 aromatic carbocycles. The van der Waals surface area contributed by atoms with Gasteiger partial charge in [0, 0.05) is 30.6 Å². The van der Waals surface area contributed by atoms with E-state index in [-0.39, 0.29) is 23.7 Å². The van der Waals surface area contributed by atoms with Crippen molar-refractivity contribution in [3.05, 3.63) is 30.3 Å². The van der Waals surface area contributed by atoms with Crippen molar-refractivity contribution in [2.75, 3.05) is 31.5 Å². The number of rotatable bonds is 4. The van der Waals surface area contributed by atoms with Crippen LogP contribution in [-0.2, 0) is 9.59 Å². The average Bonchev–Trinajstić information content (AvgIpc) is 2.53. The van der Waals surface area contributed by atoms with Gasteiger partial charge in [-0.1, -0.05) is 25.1 Å². The third-order valence-electron chi connectivity index (χ3n) is 5.13. The minimum absolute atomic E-state index is 0.0000633. The first-order valence-corrected chi connectivity index (χ1v) is 8.50. The number of benzene rings is 1. The van der Waals surface area contributed by atoms with E-state index in [2.05, 4.69) is 10.6 Å². The number of amides is 2. The molecule has 0 aromatic heterocycles. The van der Waals surface area contributed by atoms with Crippen LogP contribution >= 0.6 is 0 Å². The van der Waals surface area contributed by atoms with Crippen molar-refractivity contribution >= 4 is 17.5 Å². The maximum atomic E-state index is 12.5. The highest BCUT2D eigenvalue weighted by atomic mass is 16.2. The Morgan fingerprint density at radius 1 is 1.17 bits per heavy atom. The Morgan fingerprint density at radius 3 is 2.39 bits per heavy atom. The minimum Gasteiger partial charge on any atom is -0.342 e. The molecule has 2 aliphatic heterocycles. The van der Waals surface area contributed by atoms with Crippen LogP contribution in [0.2, 0.25) is 0 Å². The van der Waals surface area contributed by atoms with Gasteiger partial charge in [0.1, 0.15) is 0 Å². The molecular formula is C18H25N3O2. The molecule has 1 unspecified atom stereocenters. The largest absolute Gasteiger partial charge is 0.342 e. The van der Waals surface area contributed by atoms with E-state index in [1.54, 1.807) is 0 Å². The maximum Gasteiger partial charge on any atom is 0.227 e. The van der Waals surface area contributed by atoms with Gasteiger partial charge >= 0.3 is 0 Å². The number of nitrogens with zero attached hydrogens (tertiary/aromatic N) is 1. The molecule has 2 amide bonds. The third-order valence-corrected chi connectivity index (χ3v) is 5.13. The normalized spacial score (nSPS) is 20.7. The first-order chi connectivity index (χ1) is 11.1. The van der Waals surface area contributed by atoms with Crippen LogP contribution in [0, 0.1) is 17.8 Å². The summed E-state index contributed by atoms with van der Waals surface area (Å²) in [5, 5.41) is 6.19. The van der Waals surface area contributed by atoms with E-state index in [0.717, 1.165) is 31.6 Å². The molecule has 0 radical (unpaired) electrons. The molecule has 3 rings (SSSR count). The lowest BCUT2D eigenvalue weighted by Crippen LogP contribution is -2.52. The molecule has 2 heterocycles. The van der Waals surface area contributed by atoms with Crippen LogP contribution in [0.15, 0.2) is 30.3 Å². The fourth-order valence-electron chi connectivity index (χ4n) is 3.28. The van der Waals surface area contributed by atoms with Gasteiger partial charge in [-0.2, -0.15) is 0 Å². The zero-order chi connectivity index (χ0) is 16.2. The molecule has 0 aliphatic carbocycles. The number of para-hydroxylation sites is 1. The summed E-state index contributed by atoms with van der Waals surface area (Å²) in [6.45, 7) is 5.31. The van der Waals surface area contributed by atoms with Crippen LogP contribution in [0.25, 0.3) is 0 Å². The van der Waals surface area contributed by atoms with Crippen molar-refractivity contribution in [3.63, 3.8) is 0 Å². The van der Waals surface area contributed by atoms with Crippen molar-refractivity contribution in [2.45, 2.75) is 19.8 Å². The summed E-state index contributed by atoms with van der Waals surface area (Å²) in [6, 6.07) is 9.54. The lowest BCUT2D eigenvalue weighted by molar-refractivity contribution is -0.140. The molecule has 2 N–H and O–H groups in total. The second kappa shape index (κ2) is 7.13. The van der Waals surface area contributed by atoms with Crippen LogP contribution in [0.5, 0.6) is 0 Å². The first-order valence-electron chi connectivity index (χ1n) is 8.50. The Balaban J connectivity index is 1.48. The monoisotopic (exact) mass is 315 g/mol. The highest BCUT2D eigenvalue weighted by Crippen LogP contribution is 2.24. The quantitative estimate of drug-likeness (QED) is 0.889. The van der Waals surface area contributed by atoms with Gasteiger partial charge in [-0.25, -0.2) is 0 Å². The van der Waals surface area contributed by atoms with Crippen LogP contribution in [0.3, 0.4) is 0 Å². The van der Waals surface area contributed by atoms with Crippen LogP contribution in [-0.4, -0.2) is 42.9 Å². The average molecular weight is 315 g/mol. The standard InChI is InChI=1S/C18H25N3O2/c1-13(15-11-19-12-15)18(23)21-9-7-14(8-10-21)17(22)20-16-5-3-2-4-6-16/h2-6,13-15,19H,7-12H2,1H3,(H,20,22). The molecule has 0 bridgehead atoms. The lowest BCUT2D eigenvalue weighted by Gasteiger charge is -2.37. The van der Waals surface area contributed by atoms with Gasteiger partial charge in [-0.3, -0.25) is 9.59 Å². The molecule has 5 nitrogen and oxygen atoms in total. The molecule has 1 atom stereocenters. The number of carbonyl (C=O) groups excluding carboxylic acids is 2. The number of likely N-dealkylation sites (tertiary alicyclic amines) is 1. The van der Waals surface area contributed by atoms with E-state index in [1.165, 1.54) is 0 Å². The molecular weight excluding hydrogens is 290 g/mol. The van der Waals surface area contributed by atoms with E-state index in [0.29, 0.717) is 19.0 Å². The molecule has 2 saturated heterocycles. The van der Waals surface area contributed by atoms with Gasteiger partial charge in [0.05, 0.1) is 0 Å². The Kier molecular flexibility index (Phi) is 4.96. The summed E-state index contributed by atoms with van der Waals surface area (Å²) >= 11 is 0. The van der Waals surface area contributed by atoms with Gasteiger partial charge in [0.2, 0.25) is 11.8 Å². The highest BCUT2D eigenvalue weighted by Gasteiger charge is 2.34. The van der Waals surface area contributed by atoms with E-state index < -0.39 is 0 Å². The van der Waals surface area contributed by atoms with Gasteiger partial charge in [-0.05, 0) is 44.0 Å². The smallest absolute Gasteiger partial charge is 0.227 e. The third kappa shape index (κ3) is 3.72. The van der Waals surface area contributed by atoms with Crippen LogP contribution < -0.4 is 10.6 Å². The first kappa shape index (κ1) is 16.0. The summed E-state index contributed by atoms with van der Waals surface area (Å²) in [7, 11) is 0.